The second kappa shape index (κ2) is 9.99. The quantitative estimate of drug-likeness (QED) is 0.671. The van der Waals surface area contributed by atoms with Gasteiger partial charge in [0.05, 0.1) is 0 Å². The van der Waals surface area contributed by atoms with Crippen LogP contribution in [0.3, 0.4) is 0 Å². The monoisotopic (exact) mass is 384 g/mol. The summed E-state index contributed by atoms with van der Waals surface area (Å²) in [5.74, 6) is -1.39. The number of benzene rings is 1. The Hall–Kier alpha value is -1.89. The van der Waals surface area contributed by atoms with Gasteiger partial charge in [0.15, 0.2) is 6.61 Å². The predicted molar refractivity (Wildman–Crippen MR) is 89.9 cm³/mol. The molecule has 0 unspecified atom stereocenters. The van der Waals surface area contributed by atoms with Gasteiger partial charge in [0.2, 0.25) is 0 Å². The Morgan fingerprint density at radius 3 is 2.48 bits per heavy atom. The highest BCUT2D eigenvalue weighted by atomic mass is 79.9. The van der Waals surface area contributed by atoms with Crippen molar-refractivity contribution in [2.45, 2.75) is 32.7 Å². The molecule has 0 bridgehead atoms. The summed E-state index contributed by atoms with van der Waals surface area (Å²) < 4.78 is 5.67. The number of amides is 2. The zero-order valence-electron chi connectivity index (χ0n) is 13.2. The number of carbonyl (C=O) groups excluding carboxylic acids is 3. The van der Waals surface area contributed by atoms with Crippen LogP contribution in [0.5, 0.6) is 0 Å². The van der Waals surface area contributed by atoms with E-state index in [1.807, 2.05) is 13.8 Å². The highest BCUT2D eigenvalue weighted by Gasteiger charge is 2.12. The molecule has 126 valence electrons. The Morgan fingerprint density at radius 1 is 1.22 bits per heavy atom. The van der Waals surface area contributed by atoms with E-state index in [0.717, 1.165) is 17.3 Å². The van der Waals surface area contributed by atoms with Crippen molar-refractivity contribution in [3.05, 3.63) is 34.3 Å². The van der Waals surface area contributed by atoms with Crippen LogP contribution in [0.1, 0.15) is 37.0 Å². The van der Waals surface area contributed by atoms with Crippen molar-refractivity contribution in [1.29, 1.82) is 0 Å². The highest BCUT2D eigenvalue weighted by Crippen LogP contribution is 2.10. The summed E-state index contributed by atoms with van der Waals surface area (Å²) in [6.07, 6.45) is 1.83. The molecule has 0 aromatic heterocycles. The first-order valence-corrected chi connectivity index (χ1v) is 8.20. The van der Waals surface area contributed by atoms with E-state index < -0.39 is 5.97 Å². The van der Waals surface area contributed by atoms with Crippen LogP contribution in [0.25, 0.3) is 0 Å². The molecule has 2 N–H and O–H groups in total. The Labute approximate surface area is 144 Å². The number of nitrogens with one attached hydrogen (secondary N) is 2. The van der Waals surface area contributed by atoms with Crippen LogP contribution in [-0.4, -0.2) is 37.0 Å². The first kappa shape index (κ1) is 19.2. The van der Waals surface area contributed by atoms with Crippen molar-refractivity contribution >= 4 is 33.7 Å². The van der Waals surface area contributed by atoms with Crippen molar-refractivity contribution in [2.75, 3.05) is 13.2 Å². The smallest absolute Gasteiger partial charge is 0.325 e. The molecule has 2 amide bonds. The molecule has 0 aliphatic rings. The topological polar surface area (TPSA) is 84.5 Å². The summed E-state index contributed by atoms with van der Waals surface area (Å²) >= 11 is 3.27. The van der Waals surface area contributed by atoms with E-state index in [1.54, 1.807) is 24.3 Å². The number of hydrogen-bond donors (Lipinski definition) is 2. The Morgan fingerprint density at radius 2 is 1.87 bits per heavy atom. The highest BCUT2D eigenvalue weighted by molar-refractivity contribution is 9.10. The van der Waals surface area contributed by atoms with Crippen LogP contribution in [0.2, 0.25) is 0 Å². The molecular weight excluding hydrogens is 364 g/mol. The number of carbonyl (C=O) groups is 3. The van der Waals surface area contributed by atoms with E-state index in [2.05, 4.69) is 26.6 Å². The Balaban J connectivity index is 2.27. The maximum Gasteiger partial charge on any atom is 0.325 e. The summed E-state index contributed by atoms with van der Waals surface area (Å²) in [7, 11) is 0. The van der Waals surface area contributed by atoms with Gasteiger partial charge in [-0.3, -0.25) is 14.4 Å². The molecule has 0 saturated heterocycles. The zero-order chi connectivity index (χ0) is 17.2. The third kappa shape index (κ3) is 7.78. The predicted octanol–water partition coefficient (Wildman–Crippen LogP) is 2.03. The van der Waals surface area contributed by atoms with Crippen LogP contribution >= 0.6 is 15.9 Å². The van der Waals surface area contributed by atoms with Gasteiger partial charge in [-0.05, 0) is 37.6 Å². The number of esters is 1. The number of rotatable bonds is 8. The molecule has 0 saturated carbocycles. The lowest BCUT2D eigenvalue weighted by Crippen LogP contribution is -2.37. The minimum Gasteiger partial charge on any atom is -0.454 e. The van der Waals surface area contributed by atoms with Crippen LogP contribution in [0.4, 0.5) is 0 Å². The molecule has 23 heavy (non-hydrogen) atoms. The Kier molecular flexibility index (Phi) is 8.32. The van der Waals surface area contributed by atoms with Gasteiger partial charge in [-0.25, -0.2) is 0 Å². The lowest BCUT2D eigenvalue weighted by atomic mass is 10.2. The second-order valence-corrected chi connectivity index (χ2v) is 6.02. The lowest BCUT2D eigenvalue weighted by molar-refractivity contribution is -0.147. The van der Waals surface area contributed by atoms with Crippen molar-refractivity contribution in [3.63, 3.8) is 0 Å². The van der Waals surface area contributed by atoms with Crippen molar-refractivity contribution in [3.8, 4) is 0 Å². The molecular formula is C16H21BrN2O4. The minimum atomic E-state index is -0.659. The molecule has 0 aliphatic carbocycles. The molecule has 0 fully saturated rings. The summed E-state index contributed by atoms with van der Waals surface area (Å²) in [5, 5.41) is 5.17. The number of halogens is 1. The molecule has 1 aromatic carbocycles. The van der Waals surface area contributed by atoms with E-state index >= 15 is 0 Å². The van der Waals surface area contributed by atoms with Crippen LogP contribution in [0, 0.1) is 0 Å². The van der Waals surface area contributed by atoms with Gasteiger partial charge in [-0.2, -0.15) is 0 Å². The van der Waals surface area contributed by atoms with Gasteiger partial charge in [0, 0.05) is 16.1 Å². The third-order valence-electron chi connectivity index (χ3n) is 2.99. The summed E-state index contributed by atoms with van der Waals surface area (Å²) in [6, 6.07) is 6.77. The summed E-state index contributed by atoms with van der Waals surface area (Å²) in [5.41, 5.74) is 0.437. The lowest BCUT2D eigenvalue weighted by Gasteiger charge is -2.12. The largest absolute Gasteiger partial charge is 0.454 e. The third-order valence-corrected chi connectivity index (χ3v) is 3.52. The molecule has 7 heteroatoms. The van der Waals surface area contributed by atoms with Gasteiger partial charge in [-0.15, -0.1) is 0 Å². The zero-order valence-corrected chi connectivity index (χ0v) is 14.8. The van der Waals surface area contributed by atoms with Crippen molar-refractivity contribution in [1.82, 2.24) is 10.6 Å². The fourth-order valence-electron chi connectivity index (χ4n) is 1.87. The molecule has 0 spiro atoms. The number of hydrogen-bond acceptors (Lipinski definition) is 4. The molecule has 6 nitrogen and oxygen atoms in total. The Bertz CT molecular complexity index is 546. The van der Waals surface area contributed by atoms with E-state index in [-0.39, 0.29) is 31.0 Å². The van der Waals surface area contributed by atoms with Gasteiger partial charge in [0.25, 0.3) is 11.8 Å². The van der Waals surface area contributed by atoms with E-state index in [0.29, 0.717) is 5.56 Å². The molecule has 1 atom stereocenters. The fraction of sp³-hybridized carbons (Fsp3) is 0.438. The molecule has 0 radical (unpaired) electrons. The van der Waals surface area contributed by atoms with Crippen LogP contribution in [0.15, 0.2) is 28.7 Å². The average Bonchev–Trinajstić information content (AvgIpc) is 2.51. The standard InChI is InChI=1S/C16H21BrN2O4/c1-3-4-11(2)19-14(20)10-23-15(21)9-18-16(22)12-5-7-13(17)8-6-12/h5-8,11H,3-4,9-10H2,1-2H3,(H,18,22)(H,19,20)/t11-/m1/s1. The van der Waals surface area contributed by atoms with Gasteiger partial charge >= 0.3 is 5.97 Å². The van der Waals surface area contributed by atoms with Crippen molar-refractivity contribution < 1.29 is 19.1 Å². The summed E-state index contributed by atoms with van der Waals surface area (Å²) in [6.45, 7) is 3.28. The maximum absolute atomic E-state index is 11.8. The molecule has 1 aromatic rings. The molecule has 1 rings (SSSR count). The fourth-order valence-corrected chi connectivity index (χ4v) is 2.14. The first-order chi connectivity index (χ1) is 10.9. The van der Waals surface area contributed by atoms with E-state index in [9.17, 15) is 14.4 Å². The number of ether oxygens (including phenoxy) is 1. The van der Waals surface area contributed by atoms with E-state index in [1.165, 1.54) is 0 Å². The van der Waals surface area contributed by atoms with Gasteiger partial charge in [-0.1, -0.05) is 29.3 Å². The van der Waals surface area contributed by atoms with Crippen molar-refractivity contribution in [2.24, 2.45) is 0 Å². The van der Waals surface area contributed by atoms with Crippen LogP contribution < -0.4 is 10.6 Å². The van der Waals surface area contributed by atoms with Gasteiger partial charge in [0.1, 0.15) is 6.54 Å². The summed E-state index contributed by atoms with van der Waals surface area (Å²) in [4.78, 5) is 34.9. The minimum absolute atomic E-state index is 0.0447. The second-order valence-electron chi connectivity index (χ2n) is 5.11. The maximum atomic E-state index is 11.8. The molecule has 0 heterocycles. The molecule has 0 aliphatic heterocycles. The normalized spacial score (nSPS) is 11.4. The van der Waals surface area contributed by atoms with Gasteiger partial charge < -0.3 is 15.4 Å². The van der Waals surface area contributed by atoms with Crippen LogP contribution in [-0.2, 0) is 14.3 Å². The SMILES string of the molecule is CCC[C@@H](C)NC(=O)COC(=O)CNC(=O)c1ccc(Br)cc1. The van der Waals surface area contributed by atoms with E-state index in [4.69, 9.17) is 4.74 Å². The average molecular weight is 385 g/mol. The first-order valence-electron chi connectivity index (χ1n) is 7.41.